The molecule has 1 N–H and O–H groups in total. The fourth-order valence-electron chi connectivity index (χ4n) is 1.91. The van der Waals surface area contributed by atoms with E-state index in [2.05, 4.69) is 40.3 Å². The molecular weight excluding hydrogens is 328 g/mol. The molecule has 0 aliphatic carbocycles. The summed E-state index contributed by atoms with van der Waals surface area (Å²) >= 11 is 3.35. The molecule has 4 heteroatoms. The minimum Gasteiger partial charge on any atom is -0.267 e. The molecular formula is C17H17BrN2O. The number of hydrazone groups is 1. The van der Waals surface area contributed by atoms with Gasteiger partial charge in [-0.3, -0.25) is 4.79 Å². The predicted octanol–water partition coefficient (Wildman–Crippen LogP) is 4.24. The Kier molecular flexibility index (Phi) is 5.28. The van der Waals surface area contributed by atoms with Gasteiger partial charge in [0, 0.05) is 10.0 Å². The smallest absolute Gasteiger partial charge is 0.267 e. The minimum absolute atomic E-state index is 0.211. The second-order valence-corrected chi connectivity index (χ2v) is 5.88. The monoisotopic (exact) mass is 344 g/mol. The molecule has 21 heavy (non-hydrogen) atoms. The second kappa shape index (κ2) is 7.18. The number of halogens is 1. The van der Waals surface area contributed by atoms with E-state index < -0.39 is 0 Å². The first kappa shape index (κ1) is 15.4. The zero-order valence-electron chi connectivity index (χ0n) is 12.0. The highest BCUT2D eigenvalue weighted by molar-refractivity contribution is 9.10. The van der Waals surface area contributed by atoms with Gasteiger partial charge in [0.1, 0.15) is 0 Å². The van der Waals surface area contributed by atoms with Crippen molar-refractivity contribution in [1.82, 2.24) is 5.43 Å². The number of carbonyl (C=O) groups is 1. The summed E-state index contributed by atoms with van der Waals surface area (Å²) < 4.78 is 0.940. The lowest BCUT2D eigenvalue weighted by molar-refractivity contribution is 0.0954. The zero-order valence-corrected chi connectivity index (χ0v) is 13.6. The van der Waals surface area contributed by atoms with Crippen LogP contribution in [0.3, 0.4) is 0 Å². The highest BCUT2D eigenvalue weighted by Gasteiger charge is 2.10. The Labute approximate surface area is 133 Å². The van der Waals surface area contributed by atoms with E-state index in [0.29, 0.717) is 5.56 Å². The summed E-state index contributed by atoms with van der Waals surface area (Å²) in [5.41, 5.74) is 5.09. The van der Waals surface area contributed by atoms with Crippen LogP contribution in [0.5, 0.6) is 0 Å². The van der Waals surface area contributed by atoms with Crippen LogP contribution < -0.4 is 5.43 Å². The lowest BCUT2D eigenvalue weighted by Crippen LogP contribution is -2.22. The average molecular weight is 345 g/mol. The van der Waals surface area contributed by atoms with E-state index in [-0.39, 0.29) is 11.8 Å². The molecule has 0 bridgehead atoms. The summed E-state index contributed by atoms with van der Waals surface area (Å²) in [5.74, 6) is 0.00852. The van der Waals surface area contributed by atoms with Gasteiger partial charge in [-0.15, -0.1) is 0 Å². The molecule has 0 heterocycles. The standard InChI is InChI=1S/C17H17BrN2O/c1-12(2)16(13-6-4-3-5-7-13)19-20-17(21)14-8-10-15(18)11-9-14/h3-12H,1-2H3,(H,20,21)/b19-16+. The number of amides is 1. The number of hydrogen-bond acceptors (Lipinski definition) is 2. The van der Waals surface area contributed by atoms with Crippen LogP contribution >= 0.6 is 15.9 Å². The quantitative estimate of drug-likeness (QED) is 0.654. The normalized spacial score (nSPS) is 11.5. The van der Waals surface area contributed by atoms with E-state index >= 15 is 0 Å². The van der Waals surface area contributed by atoms with Gasteiger partial charge in [0.2, 0.25) is 0 Å². The van der Waals surface area contributed by atoms with E-state index in [9.17, 15) is 4.79 Å². The largest absolute Gasteiger partial charge is 0.271 e. The van der Waals surface area contributed by atoms with Crippen molar-refractivity contribution in [1.29, 1.82) is 0 Å². The van der Waals surface area contributed by atoms with Crippen LogP contribution in [-0.4, -0.2) is 11.6 Å². The second-order valence-electron chi connectivity index (χ2n) is 4.97. The van der Waals surface area contributed by atoms with Crippen molar-refractivity contribution in [3.63, 3.8) is 0 Å². The fraction of sp³-hybridized carbons (Fsp3) is 0.176. The summed E-state index contributed by atoms with van der Waals surface area (Å²) in [5, 5.41) is 4.30. The van der Waals surface area contributed by atoms with E-state index in [4.69, 9.17) is 0 Å². The van der Waals surface area contributed by atoms with Crippen LogP contribution in [0.4, 0.5) is 0 Å². The molecule has 2 rings (SSSR count). The van der Waals surface area contributed by atoms with E-state index in [0.717, 1.165) is 15.7 Å². The number of hydrogen-bond donors (Lipinski definition) is 1. The van der Waals surface area contributed by atoms with E-state index in [1.54, 1.807) is 12.1 Å². The summed E-state index contributed by atoms with van der Waals surface area (Å²) in [6, 6.07) is 17.0. The van der Waals surface area contributed by atoms with Crippen LogP contribution in [0, 0.1) is 5.92 Å². The Morgan fingerprint density at radius 1 is 1.00 bits per heavy atom. The zero-order chi connectivity index (χ0) is 15.2. The van der Waals surface area contributed by atoms with Crippen molar-refractivity contribution in [3.05, 3.63) is 70.2 Å². The van der Waals surface area contributed by atoms with Gasteiger partial charge in [0.05, 0.1) is 5.71 Å². The lowest BCUT2D eigenvalue weighted by atomic mass is 10.0. The molecule has 0 saturated carbocycles. The van der Waals surface area contributed by atoms with Crippen molar-refractivity contribution in [2.75, 3.05) is 0 Å². The summed E-state index contributed by atoms with van der Waals surface area (Å²) in [6.45, 7) is 4.11. The molecule has 0 unspecified atom stereocenters. The van der Waals surface area contributed by atoms with Crippen molar-refractivity contribution in [3.8, 4) is 0 Å². The van der Waals surface area contributed by atoms with Crippen molar-refractivity contribution in [2.24, 2.45) is 11.0 Å². The predicted molar refractivity (Wildman–Crippen MR) is 89.4 cm³/mol. The molecule has 0 aromatic heterocycles. The molecule has 0 saturated heterocycles. The van der Waals surface area contributed by atoms with Gasteiger partial charge in [0.25, 0.3) is 5.91 Å². The SMILES string of the molecule is CC(C)/C(=N\NC(=O)c1ccc(Br)cc1)c1ccccc1. The molecule has 0 aliphatic heterocycles. The Balaban J connectivity index is 2.17. The summed E-state index contributed by atoms with van der Waals surface area (Å²) in [6.07, 6.45) is 0. The molecule has 2 aromatic rings. The van der Waals surface area contributed by atoms with Crippen LogP contribution in [0.1, 0.15) is 29.8 Å². The highest BCUT2D eigenvalue weighted by atomic mass is 79.9. The van der Waals surface area contributed by atoms with Gasteiger partial charge in [-0.2, -0.15) is 5.10 Å². The molecule has 3 nitrogen and oxygen atoms in total. The maximum atomic E-state index is 12.1. The molecule has 108 valence electrons. The average Bonchev–Trinajstić information content (AvgIpc) is 2.48. The molecule has 1 amide bonds. The van der Waals surface area contributed by atoms with Crippen molar-refractivity contribution < 1.29 is 4.79 Å². The molecule has 0 atom stereocenters. The van der Waals surface area contributed by atoms with Gasteiger partial charge in [-0.1, -0.05) is 60.1 Å². The number of nitrogens with zero attached hydrogens (tertiary/aromatic N) is 1. The van der Waals surface area contributed by atoms with E-state index in [1.165, 1.54) is 0 Å². The Morgan fingerprint density at radius 2 is 1.62 bits per heavy atom. The van der Waals surface area contributed by atoms with Crippen LogP contribution in [0.25, 0.3) is 0 Å². The Bertz CT molecular complexity index is 634. The number of rotatable bonds is 4. The van der Waals surface area contributed by atoms with Gasteiger partial charge in [-0.05, 0) is 35.7 Å². The fourth-order valence-corrected chi connectivity index (χ4v) is 2.18. The van der Waals surface area contributed by atoms with Crippen LogP contribution in [0.15, 0.2) is 64.2 Å². The van der Waals surface area contributed by atoms with Crippen LogP contribution in [0.2, 0.25) is 0 Å². The Hall–Kier alpha value is -1.94. The van der Waals surface area contributed by atoms with E-state index in [1.807, 2.05) is 42.5 Å². The topological polar surface area (TPSA) is 41.5 Å². The first-order valence-corrected chi connectivity index (χ1v) is 7.56. The summed E-state index contributed by atoms with van der Waals surface area (Å²) in [7, 11) is 0. The Morgan fingerprint density at radius 3 is 2.19 bits per heavy atom. The number of carbonyl (C=O) groups excluding carboxylic acids is 1. The third-order valence-electron chi connectivity index (χ3n) is 3.00. The molecule has 2 aromatic carbocycles. The molecule has 0 aliphatic rings. The van der Waals surface area contributed by atoms with Gasteiger partial charge in [-0.25, -0.2) is 5.43 Å². The maximum Gasteiger partial charge on any atom is 0.271 e. The van der Waals surface area contributed by atoms with Crippen molar-refractivity contribution >= 4 is 27.5 Å². The van der Waals surface area contributed by atoms with Gasteiger partial charge < -0.3 is 0 Å². The first-order chi connectivity index (χ1) is 10.1. The third kappa shape index (κ3) is 4.26. The first-order valence-electron chi connectivity index (χ1n) is 6.77. The third-order valence-corrected chi connectivity index (χ3v) is 3.53. The molecule has 0 spiro atoms. The van der Waals surface area contributed by atoms with Crippen molar-refractivity contribution in [2.45, 2.75) is 13.8 Å². The molecule has 0 radical (unpaired) electrons. The van der Waals surface area contributed by atoms with Gasteiger partial charge in [0.15, 0.2) is 0 Å². The lowest BCUT2D eigenvalue weighted by Gasteiger charge is -2.10. The highest BCUT2D eigenvalue weighted by Crippen LogP contribution is 2.11. The summed E-state index contributed by atoms with van der Waals surface area (Å²) in [4.78, 5) is 12.1. The maximum absolute atomic E-state index is 12.1. The number of nitrogens with one attached hydrogen (secondary N) is 1. The van der Waals surface area contributed by atoms with Gasteiger partial charge >= 0.3 is 0 Å². The molecule has 0 fully saturated rings. The number of benzene rings is 2. The minimum atomic E-state index is -0.211. The van der Waals surface area contributed by atoms with Crippen LogP contribution in [-0.2, 0) is 0 Å².